The van der Waals surface area contributed by atoms with E-state index in [-0.39, 0.29) is 0 Å². The third kappa shape index (κ3) is 5.97. The quantitative estimate of drug-likeness (QED) is 0.681. The zero-order valence-corrected chi connectivity index (χ0v) is 15.7. The van der Waals surface area contributed by atoms with E-state index in [1.165, 1.54) is 11.3 Å². The van der Waals surface area contributed by atoms with Crippen LogP contribution in [0.3, 0.4) is 0 Å². The third-order valence-corrected chi connectivity index (χ3v) is 4.09. The molecule has 0 bridgehead atoms. The molecule has 0 fully saturated rings. The summed E-state index contributed by atoms with van der Waals surface area (Å²) >= 11 is 3.60. The maximum absolute atomic E-state index is 3.60. The minimum Gasteiger partial charge on any atom is -0.368 e. The molecule has 1 rings (SSSR count). The average molecular weight is 356 g/mol. The van der Waals surface area contributed by atoms with Crippen LogP contribution in [0.2, 0.25) is 0 Å². The molecule has 0 aliphatic carbocycles. The normalized spacial score (nSPS) is 12.7. The van der Waals surface area contributed by atoms with Gasteiger partial charge in [0.2, 0.25) is 0 Å². The summed E-state index contributed by atoms with van der Waals surface area (Å²) in [7, 11) is 4.27. The van der Waals surface area contributed by atoms with Crippen molar-refractivity contribution in [2.75, 3.05) is 38.6 Å². The first-order chi connectivity index (χ1) is 9.99. The predicted octanol–water partition coefficient (Wildman–Crippen LogP) is 3.73. The van der Waals surface area contributed by atoms with E-state index in [2.05, 4.69) is 84.1 Å². The van der Waals surface area contributed by atoms with Crippen LogP contribution >= 0.6 is 15.9 Å². The molecule has 4 heteroatoms. The lowest BCUT2D eigenvalue weighted by Gasteiger charge is -2.33. The lowest BCUT2D eigenvalue weighted by Crippen LogP contribution is -2.40. The van der Waals surface area contributed by atoms with Gasteiger partial charge in [0, 0.05) is 35.8 Å². The number of rotatable bonds is 9. The van der Waals surface area contributed by atoms with Gasteiger partial charge in [-0.05, 0) is 64.7 Å². The zero-order chi connectivity index (χ0) is 15.8. The number of likely N-dealkylation sites (N-methyl/N-ethyl adjacent to an activating group) is 2. The molecule has 0 heterocycles. The van der Waals surface area contributed by atoms with Crippen LogP contribution < -0.4 is 10.2 Å². The molecule has 0 spiro atoms. The highest BCUT2D eigenvalue weighted by Gasteiger charge is 2.16. The van der Waals surface area contributed by atoms with Gasteiger partial charge in [0.15, 0.2) is 0 Å². The first kappa shape index (κ1) is 18.5. The van der Waals surface area contributed by atoms with Crippen molar-refractivity contribution in [2.45, 2.75) is 39.8 Å². The highest BCUT2D eigenvalue weighted by atomic mass is 79.9. The molecule has 1 atom stereocenters. The van der Waals surface area contributed by atoms with Gasteiger partial charge in [0.05, 0.1) is 0 Å². The Morgan fingerprint density at radius 2 is 1.95 bits per heavy atom. The molecule has 0 saturated heterocycles. The summed E-state index contributed by atoms with van der Waals surface area (Å²) in [5, 5.41) is 3.52. The summed E-state index contributed by atoms with van der Waals surface area (Å²) in [6.45, 7) is 10.8. The van der Waals surface area contributed by atoms with E-state index < -0.39 is 0 Å². The van der Waals surface area contributed by atoms with E-state index in [1.54, 1.807) is 0 Å². The molecule has 3 nitrogen and oxygen atoms in total. The Hall–Kier alpha value is -0.580. The number of nitrogens with one attached hydrogen (secondary N) is 1. The topological polar surface area (TPSA) is 18.5 Å². The molecular weight excluding hydrogens is 326 g/mol. The van der Waals surface area contributed by atoms with E-state index >= 15 is 0 Å². The third-order valence-electron chi connectivity index (χ3n) is 3.60. The van der Waals surface area contributed by atoms with Crippen LogP contribution in [0.1, 0.15) is 32.8 Å². The van der Waals surface area contributed by atoms with Crippen LogP contribution in [0.5, 0.6) is 0 Å². The Bertz CT molecular complexity index is 420. The van der Waals surface area contributed by atoms with Crippen molar-refractivity contribution in [1.82, 2.24) is 10.2 Å². The van der Waals surface area contributed by atoms with E-state index in [9.17, 15) is 0 Å². The second-order valence-corrected chi connectivity index (χ2v) is 6.76. The van der Waals surface area contributed by atoms with Crippen LogP contribution in [0.15, 0.2) is 22.7 Å². The first-order valence-corrected chi connectivity index (χ1v) is 8.69. The van der Waals surface area contributed by atoms with Crippen molar-refractivity contribution in [3.05, 3.63) is 28.2 Å². The largest absolute Gasteiger partial charge is 0.368 e. The van der Waals surface area contributed by atoms with Gasteiger partial charge < -0.3 is 15.1 Å². The van der Waals surface area contributed by atoms with Crippen molar-refractivity contribution in [2.24, 2.45) is 0 Å². The number of hydrogen-bond donors (Lipinski definition) is 1. The number of nitrogens with zero attached hydrogens (tertiary/aromatic N) is 2. The summed E-state index contributed by atoms with van der Waals surface area (Å²) in [5.41, 5.74) is 2.71. The zero-order valence-electron chi connectivity index (χ0n) is 14.1. The Morgan fingerprint density at radius 3 is 2.52 bits per heavy atom. The van der Waals surface area contributed by atoms with Gasteiger partial charge in [0.1, 0.15) is 0 Å². The molecule has 21 heavy (non-hydrogen) atoms. The first-order valence-electron chi connectivity index (χ1n) is 7.90. The molecule has 1 aromatic carbocycles. The lowest BCUT2D eigenvalue weighted by atomic mass is 10.1. The van der Waals surface area contributed by atoms with E-state index in [0.29, 0.717) is 6.04 Å². The maximum Gasteiger partial charge on any atom is 0.0415 e. The molecule has 1 N–H and O–H groups in total. The summed E-state index contributed by atoms with van der Waals surface area (Å²) in [6, 6.07) is 7.12. The fourth-order valence-corrected chi connectivity index (χ4v) is 3.13. The average Bonchev–Trinajstić information content (AvgIpc) is 2.41. The van der Waals surface area contributed by atoms with Crippen molar-refractivity contribution in [3.8, 4) is 0 Å². The SMILES string of the molecule is CCCNCc1cc(Br)ccc1N(CC)C(C)CN(C)C. The summed E-state index contributed by atoms with van der Waals surface area (Å²) in [6.07, 6.45) is 1.16. The van der Waals surface area contributed by atoms with E-state index in [4.69, 9.17) is 0 Å². The summed E-state index contributed by atoms with van der Waals surface area (Å²) in [5.74, 6) is 0. The van der Waals surface area contributed by atoms with Crippen LogP contribution in [0, 0.1) is 0 Å². The Kier molecular flexibility index (Phi) is 8.30. The van der Waals surface area contributed by atoms with Crippen molar-refractivity contribution >= 4 is 21.6 Å². The Morgan fingerprint density at radius 1 is 1.24 bits per heavy atom. The number of benzene rings is 1. The van der Waals surface area contributed by atoms with Gasteiger partial charge in [-0.2, -0.15) is 0 Å². The second kappa shape index (κ2) is 9.44. The molecule has 0 saturated carbocycles. The van der Waals surface area contributed by atoms with Gasteiger partial charge in [-0.25, -0.2) is 0 Å². The summed E-state index contributed by atoms with van der Waals surface area (Å²) in [4.78, 5) is 4.75. The highest BCUT2D eigenvalue weighted by molar-refractivity contribution is 9.10. The van der Waals surface area contributed by atoms with Gasteiger partial charge in [-0.15, -0.1) is 0 Å². The second-order valence-electron chi connectivity index (χ2n) is 5.85. The monoisotopic (exact) mass is 355 g/mol. The number of anilines is 1. The van der Waals surface area contributed by atoms with Crippen LogP contribution in [-0.2, 0) is 6.54 Å². The van der Waals surface area contributed by atoms with Gasteiger partial charge in [-0.1, -0.05) is 22.9 Å². The fourth-order valence-electron chi connectivity index (χ4n) is 2.72. The molecule has 0 radical (unpaired) electrons. The van der Waals surface area contributed by atoms with Gasteiger partial charge in [0.25, 0.3) is 0 Å². The fraction of sp³-hybridized carbons (Fsp3) is 0.647. The number of hydrogen-bond acceptors (Lipinski definition) is 3. The molecule has 0 amide bonds. The Labute approximate surface area is 138 Å². The van der Waals surface area contributed by atoms with Crippen LogP contribution in [0.4, 0.5) is 5.69 Å². The molecule has 0 aliphatic rings. The molecule has 120 valence electrons. The standard InChI is InChI=1S/C17H30BrN3/c1-6-10-19-12-15-11-16(18)8-9-17(15)21(7-2)14(3)13-20(4)5/h8-9,11,14,19H,6-7,10,12-13H2,1-5H3. The van der Waals surface area contributed by atoms with Crippen molar-refractivity contribution in [3.63, 3.8) is 0 Å². The lowest BCUT2D eigenvalue weighted by molar-refractivity contribution is 0.372. The van der Waals surface area contributed by atoms with Crippen molar-refractivity contribution in [1.29, 1.82) is 0 Å². The number of halogens is 1. The predicted molar refractivity (Wildman–Crippen MR) is 97.2 cm³/mol. The molecule has 1 unspecified atom stereocenters. The maximum atomic E-state index is 3.60. The van der Waals surface area contributed by atoms with E-state index in [1.807, 2.05) is 0 Å². The molecular formula is C17H30BrN3. The highest BCUT2D eigenvalue weighted by Crippen LogP contribution is 2.26. The van der Waals surface area contributed by atoms with Crippen LogP contribution in [0.25, 0.3) is 0 Å². The minimum absolute atomic E-state index is 0.496. The van der Waals surface area contributed by atoms with Gasteiger partial charge >= 0.3 is 0 Å². The van der Waals surface area contributed by atoms with Crippen LogP contribution in [-0.4, -0.2) is 44.7 Å². The minimum atomic E-state index is 0.496. The smallest absolute Gasteiger partial charge is 0.0415 e. The molecule has 0 aliphatic heterocycles. The summed E-state index contributed by atoms with van der Waals surface area (Å²) < 4.78 is 1.15. The van der Waals surface area contributed by atoms with Crippen molar-refractivity contribution < 1.29 is 0 Å². The van der Waals surface area contributed by atoms with E-state index in [0.717, 1.165) is 37.1 Å². The molecule has 0 aromatic heterocycles. The Balaban J connectivity index is 2.96. The molecule has 1 aromatic rings. The van der Waals surface area contributed by atoms with Gasteiger partial charge in [-0.3, -0.25) is 0 Å².